The third-order valence-electron chi connectivity index (χ3n) is 4.02. The summed E-state index contributed by atoms with van der Waals surface area (Å²) in [4.78, 5) is 19.7. The van der Waals surface area contributed by atoms with Crippen LogP contribution in [0.25, 0.3) is 11.4 Å². The van der Waals surface area contributed by atoms with Gasteiger partial charge in [-0.25, -0.2) is 4.39 Å². The first-order chi connectivity index (χ1) is 12.2. The summed E-state index contributed by atoms with van der Waals surface area (Å²) >= 11 is 0. The molecule has 3 aromatic rings. The van der Waals surface area contributed by atoms with E-state index in [0.29, 0.717) is 40.6 Å². The van der Waals surface area contributed by atoms with Gasteiger partial charge in [-0.3, -0.25) is 4.79 Å². The first-order valence-corrected chi connectivity index (χ1v) is 7.97. The van der Waals surface area contributed by atoms with Crippen molar-refractivity contribution < 1.29 is 13.9 Å². The fourth-order valence-electron chi connectivity index (χ4n) is 2.87. The number of aromatic amines is 1. The summed E-state index contributed by atoms with van der Waals surface area (Å²) in [6, 6.07) is 11.6. The smallest absolute Gasteiger partial charge is 0.258 e. The van der Waals surface area contributed by atoms with Crippen LogP contribution in [-0.2, 0) is 6.42 Å². The largest absolute Gasteiger partial charge is 0.493 e. The van der Waals surface area contributed by atoms with Crippen LogP contribution in [0.3, 0.4) is 0 Å². The van der Waals surface area contributed by atoms with Crippen LogP contribution in [0.4, 0.5) is 4.39 Å². The lowest BCUT2D eigenvalue weighted by atomic mass is 10.0. The number of para-hydroxylation sites is 1. The van der Waals surface area contributed by atoms with Crippen molar-refractivity contribution in [1.29, 1.82) is 0 Å². The molecule has 6 heteroatoms. The lowest BCUT2D eigenvalue weighted by Gasteiger charge is -2.19. The number of rotatable bonds is 3. The van der Waals surface area contributed by atoms with Crippen LogP contribution < -0.4 is 15.0 Å². The summed E-state index contributed by atoms with van der Waals surface area (Å²) in [5.41, 5.74) is 1.39. The quantitative estimate of drug-likeness (QED) is 0.619. The van der Waals surface area contributed by atoms with Gasteiger partial charge in [0.1, 0.15) is 23.1 Å². The number of hydrogen-bond donors (Lipinski definition) is 1. The predicted octanol–water partition coefficient (Wildman–Crippen LogP) is 3.67. The second-order valence-corrected chi connectivity index (χ2v) is 5.66. The Labute approximate surface area is 143 Å². The van der Waals surface area contributed by atoms with E-state index in [0.717, 1.165) is 0 Å². The summed E-state index contributed by atoms with van der Waals surface area (Å²) in [6.45, 7) is 2.39. The summed E-state index contributed by atoms with van der Waals surface area (Å²) in [5.74, 6) is 1.39. The Morgan fingerprint density at radius 1 is 1.28 bits per heavy atom. The number of nitrogens with zero attached hydrogens (tertiary/aromatic N) is 1. The van der Waals surface area contributed by atoms with Crippen molar-refractivity contribution in [2.24, 2.45) is 0 Å². The summed E-state index contributed by atoms with van der Waals surface area (Å²) in [6.07, 6.45) is 0.276. The van der Waals surface area contributed by atoms with Crippen molar-refractivity contribution in [3.8, 4) is 28.8 Å². The number of ether oxygens (including phenoxy) is 2. The van der Waals surface area contributed by atoms with Crippen molar-refractivity contribution in [3.63, 3.8) is 0 Å². The van der Waals surface area contributed by atoms with E-state index in [9.17, 15) is 9.18 Å². The molecule has 1 aromatic heterocycles. The van der Waals surface area contributed by atoms with Crippen LogP contribution in [0.15, 0.2) is 47.3 Å². The fourth-order valence-corrected chi connectivity index (χ4v) is 2.87. The third kappa shape index (κ3) is 2.76. The molecule has 0 bridgehead atoms. The third-order valence-corrected chi connectivity index (χ3v) is 4.02. The molecule has 2 aromatic carbocycles. The molecule has 0 amide bonds. The lowest BCUT2D eigenvalue weighted by molar-refractivity contribution is 0.341. The van der Waals surface area contributed by atoms with Gasteiger partial charge in [-0.2, -0.15) is 4.98 Å². The van der Waals surface area contributed by atoms with Gasteiger partial charge in [-0.15, -0.1) is 0 Å². The molecule has 0 saturated carbocycles. The Morgan fingerprint density at radius 2 is 2.12 bits per heavy atom. The molecule has 0 atom stereocenters. The maximum absolute atomic E-state index is 13.4. The lowest BCUT2D eigenvalue weighted by Crippen LogP contribution is -2.20. The molecule has 4 rings (SSSR count). The van der Waals surface area contributed by atoms with E-state index < -0.39 is 0 Å². The minimum absolute atomic E-state index is 0.240. The van der Waals surface area contributed by atoms with Gasteiger partial charge in [-0.1, -0.05) is 12.1 Å². The van der Waals surface area contributed by atoms with Gasteiger partial charge < -0.3 is 14.5 Å². The van der Waals surface area contributed by atoms with Crippen LogP contribution in [0.2, 0.25) is 0 Å². The zero-order valence-electron chi connectivity index (χ0n) is 13.5. The molecular weight excluding hydrogens is 323 g/mol. The summed E-state index contributed by atoms with van der Waals surface area (Å²) < 4.78 is 24.7. The van der Waals surface area contributed by atoms with Crippen molar-refractivity contribution in [2.75, 3.05) is 6.61 Å². The summed E-state index contributed by atoms with van der Waals surface area (Å²) in [5, 5.41) is 0. The average molecular weight is 338 g/mol. The number of hydrogen-bond acceptors (Lipinski definition) is 4. The Morgan fingerprint density at radius 3 is 2.96 bits per heavy atom. The van der Waals surface area contributed by atoms with Gasteiger partial charge in [0, 0.05) is 12.0 Å². The molecule has 0 aliphatic carbocycles. The number of H-pyrrole nitrogens is 1. The first-order valence-electron chi connectivity index (χ1n) is 7.97. The highest BCUT2D eigenvalue weighted by Gasteiger charge is 2.23. The number of nitrogens with one attached hydrogen (secondary N) is 1. The van der Waals surface area contributed by atoms with Crippen LogP contribution >= 0.6 is 0 Å². The highest BCUT2D eigenvalue weighted by atomic mass is 19.1. The summed E-state index contributed by atoms with van der Waals surface area (Å²) in [7, 11) is 0. The molecule has 0 radical (unpaired) electrons. The Balaban J connectivity index is 1.81. The van der Waals surface area contributed by atoms with E-state index in [4.69, 9.17) is 9.47 Å². The Bertz CT molecular complexity index is 1010. The Hall–Kier alpha value is -3.15. The highest BCUT2D eigenvalue weighted by molar-refractivity contribution is 5.65. The molecule has 25 heavy (non-hydrogen) atoms. The zero-order chi connectivity index (χ0) is 17.4. The van der Waals surface area contributed by atoms with Gasteiger partial charge in [0.2, 0.25) is 5.88 Å². The SMILES string of the molecule is CCOc1ccccc1-c1nc2c(c(=O)[nH]1)Cc1cc(F)ccc1O2. The molecule has 2 heterocycles. The Kier molecular flexibility index (Phi) is 3.72. The molecule has 0 unspecified atom stereocenters. The maximum atomic E-state index is 13.4. The van der Waals surface area contributed by atoms with Crippen LogP contribution in [0.5, 0.6) is 17.4 Å². The number of fused-ring (bicyclic) bond motifs is 2. The van der Waals surface area contributed by atoms with E-state index in [-0.39, 0.29) is 23.7 Å². The second-order valence-electron chi connectivity index (χ2n) is 5.66. The highest BCUT2D eigenvalue weighted by Crippen LogP contribution is 2.35. The first kappa shape index (κ1) is 15.4. The average Bonchev–Trinajstić information content (AvgIpc) is 2.61. The number of halogens is 1. The van der Waals surface area contributed by atoms with Gasteiger partial charge in [-0.05, 0) is 37.3 Å². The molecule has 0 fully saturated rings. The topological polar surface area (TPSA) is 64.2 Å². The standard InChI is InChI=1S/C19H15FN2O3/c1-2-24-16-6-4-3-5-13(16)17-21-18(23)14-10-11-9-12(20)7-8-15(11)25-19(14)22-17/h3-9H,2,10H2,1H3,(H,21,22,23). The molecule has 0 spiro atoms. The van der Waals surface area contributed by atoms with E-state index >= 15 is 0 Å². The normalized spacial score (nSPS) is 12.1. The van der Waals surface area contributed by atoms with Gasteiger partial charge in [0.05, 0.1) is 17.7 Å². The van der Waals surface area contributed by atoms with Crippen LogP contribution in [0.1, 0.15) is 18.1 Å². The number of aromatic nitrogens is 2. The van der Waals surface area contributed by atoms with E-state index in [2.05, 4.69) is 9.97 Å². The van der Waals surface area contributed by atoms with Crippen molar-refractivity contribution in [1.82, 2.24) is 9.97 Å². The van der Waals surface area contributed by atoms with Crippen molar-refractivity contribution in [3.05, 3.63) is 69.8 Å². The molecular formula is C19H15FN2O3. The minimum atomic E-state index is -0.363. The fraction of sp³-hybridized carbons (Fsp3) is 0.158. The van der Waals surface area contributed by atoms with Crippen LogP contribution in [0, 0.1) is 5.82 Å². The molecule has 1 N–H and O–H groups in total. The van der Waals surface area contributed by atoms with Crippen molar-refractivity contribution in [2.45, 2.75) is 13.3 Å². The van der Waals surface area contributed by atoms with Crippen LogP contribution in [-0.4, -0.2) is 16.6 Å². The van der Waals surface area contributed by atoms with E-state index in [1.54, 1.807) is 6.07 Å². The second kappa shape index (κ2) is 6.05. The van der Waals surface area contributed by atoms with E-state index in [1.165, 1.54) is 12.1 Å². The van der Waals surface area contributed by atoms with Gasteiger partial charge >= 0.3 is 0 Å². The maximum Gasteiger partial charge on any atom is 0.258 e. The molecule has 5 nitrogen and oxygen atoms in total. The zero-order valence-corrected chi connectivity index (χ0v) is 13.5. The molecule has 0 saturated heterocycles. The molecule has 126 valence electrons. The monoisotopic (exact) mass is 338 g/mol. The van der Waals surface area contributed by atoms with Crippen molar-refractivity contribution >= 4 is 0 Å². The molecule has 1 aliphatic heterocycles. The minimum Gasteiger partial charge on any atom is -0.493 e. The van der Waals surface area contributed by atoms with Gasteiger partial charge in [0.15, 0.2) is 0 Å². The number of benzene rings is 2. The van der Waals surface area contributed by atoms with Gasteiger partial charge in [0.25, 0.3) is 5.56 Å². The molecule has 1 aliphatic rings. The predicted molar refractivity (Wildman–Crippen MR) is 90.7 cm³/mol. The van der Waals surface area contributed by atoms with E-state index in [1.807, 2.05) is 31.2 Å².